The summed E-state index contributed by atoms with van der Waals surface area (Å²) >= 11 is 0. The quantitative estimate of drug-likeness (QED) is 0.820. The molecule has 1 nitrogen and oxygen atoms in total. The van der Waals surface area contributed by atoms with Crippen molar-refractivity contribution < 1.29 is 5.11 Å². The molecule has 1 heteroatoms. The van der Waals surface area contributed by atoms with Gasteiger partial charge in [0.05, 0.1) is 6.10 Å². The van der Waals surface area contributed by atoms with Gasteiger partial charge >= 0.3 is 0 Å². The van der Waals surface area contributed by atoms with E-state index in [2.05, 4.69) is 31.2 Å². The van der Waals surface area contributed by atoms with Crippen molar-refractivity contribution in [1.82, 2.24) is 0 Å². The summed E-state index contributed by atoms with van der Waals surface area (Å²) in [6.45, 7) is 2.33. The fourth-order valence-corrected chi connectivity index (χ4v) is 3.58. The molecule has 0 bridgehead atoms. The maximum Gasteiger partial charge on any atom is 0.0549 e. The Labute approximate surface area is 104 Å². The van der Waals surface area contributed by atoms with Crippen LogP contribution in [0.3, 0.4) is 0 Å². The second-order valence-corrected chi connectivity index (χ2v) is 6.17. The van der Waals surface area contributed by atoms with Crippen LogP contribution in [0, 0.1) is 0 Å². The molecular formula is C16H22O. The van der Waals surface area contributed by atoms with E-state index in [0.717, 1.165) is 25.2 Å². The Kier molecular flexibility index (Phi) is 2.74. The molecule has 92 valence electrons. The van der Waals surface area contributed by atoms with Crippen LogP contribution >= 0.6 is 0 Å². The van der Waals surface area contributed by atoms with Crippen molar-refractivity contribution in [1.29, 1.82) is 0 Å². The molecule has 0 radical (unpaired) electrons. The molecular weight excluding hydrogens is 208 g/mol. The number of aliphatic hydroxyl groups is 1. The van der Waals surface area contributed by atoms with Gasteiger partial charge in [0.25, 0.3) is 0 Å². The Hall–Kier alpha value is -0.820. The second kappa shape index (κ2) is 4.13. The molecule has 0 aliphatic heterocycles. The Morgan fingerprint density at radius 2 is 1.94 bits per heavy atom. The maximum absolute atomic E-state index is 9.83. The molecule has 0 amide bonds. The number of benzene rings is 1. The highest BCUT2D eigenvalue weighted by atomic mass is 16.3. The summed E-state index contributed by atoms with van der Waals surface area (Å²) in [7, 11) is 0. The van der Waals surface area contributed by atoms with Crippen LogP contribution < -0.4 is 0 Å². The largest absolute Gasteiger partial charge is 0.393 e. The standard InChI is InChI=1S/C16H22O/c1-16(10-9-13(17)11-16)15-8-3-2-7-14(15)12-5-4-6-12/h2-3,7-8,12-13,17H,4-6,9-11H2,1H3. The Bertz CT molecular complexity index is 408. The lowest BCUT2D eigenvalue weighted by Gasteiger charge is -2.34. The van der Waals surface area contributed by atoms with Crippen molar-refractivity contribution in [3.05, 3.63) is 35.4 Å². The van der Waals surface area contributed by atoms with E-state index in [9.17, 15) is 5.11 Å². The van der Waals surface area contributed by atoms with Gasteiger partial charge in [-0.3, -0.25) is 0 Å². The third-order valence-corrected chi connectivity index (χ3v) is 4.87. The van der Waals surface area contributed by atoms with Crippen molar-refractivity contribution >= 4 is 0 Å². The predicted octanol–water partition coefficient (Wildman–Crippen LogP) is 3.76. The van der Waals surface area contributed by atoms with Gasteiger partial charge < -0.3 is 5.11 Å². The van der Waals surface area contributed by atoms with E-state index < -0.39 is 0 Å². The van der Waals surface area contributed by atoms with Crippen LogP contribution in [0.5, 0.6) is 0 Å². The summed E-state index contributed by atoms with van der Waals surface area (Å²) < 4.78 is 0. The number of hydrogen-bond donors (Lipinski definition) is 1. The smallest absolute Gasteiger partial charge is 0.0549 e. The predicted molar refractivity (Wildman–Crippen MR) is 70.2 cm³/mol. The van der Waals surface area contributed by atoms with Crippen LogP contribution in [-0.2, 0) is 5.41 Å². The van der Waals surface area contributed by atoms with Crippen LogP contribution in [0.1, 0.15) is 62.5 Å². The zero-order valence-corrected chi connectivity index (χ0v) is 10.7. The third-order valence-electron chi connectivity index (χ3n) is 4.87. The van der Waals surface area contributed by atoms with Gasteiger partial charge in [0.1, 0.15) is 0 Å². The van der Waals surface area contributed by atoms with Crippen LogP contribution in [-0.4, -0.2) is 11.2 Å². The monoisotopic (exact) mass is 230 g/mol. The fraction of sp³-hybridized carbons (Fsp3) is 0.625. The lowest BCUT2D eigenvalue weighted by Crippen LogP contribution is -2.23. The summed E-state index contributed by atoms with van der Waals surface area (Å²) in [4.78, 5) is 0. The molecule has 2 aliphatic rings. The summed E-state index contributed by atoms with van der Waals surface area (Å²) in [5.74, 6) is 0.792. The zero-order valence-electron chi connectivity index (χ0n) is 10.7. The average molecular weight is 230 g/mol. The SMILES string of the molecule is CC1(c2ccccc2C2CCC2)CCC(O)C1. The molecule has 2 aliphatic carbocycles. The molecule has 0 spiro atoms. The molecule has 2 saturated carbocycles. The third kappa shape index (κ3) is 1.91. The minimum atomic E-state index is -0.0885. The molecule has 1 aromatic carbocycles. The first kappa shape index (κ1) is 11.3. The molecule has 1 N–H and O–H groups in total. The summed E-state index contributed by atoms with van der Waals surface area (Å²) in [6, 6.07) is 8.94. The molecule has 1 aromatic rings. The average Bonchev–Trinajstić information content (AvgIpc) is 2.58. The summed E-state index contributed by atoms with van der Waals surface area (Å²) in [5, 5.41) is 9.83. The number of hydrogen-bond acceptors (Lipinski definition) is 1. The van der Waals surface area contributed by atoms with E-state index in [0.29, 0.717) is 0 Å². The van der Waals surface area contributed by atoms with E-state index in [-0.39, 0.29) is 11.5 Å². The Balaban J connectivity index is 1.96. The van der Waals surface area contributed by atoms with Gasteiger partial charge in [-0.15, -0.1) is 0 Å². The molecule has 0 heterocycles. The van der Waals surface area contributed by atoms with Gasteiger partial charge in [-0.2, -0.15) is 0 Å². The first-order chi connectivity index (χ1) is 8.19. The van der Waals surface area contributed by atoms with Crippen LogP contribution in [0.4, 0.5) is 0 Å². The van der Waals surface area contributed by atoms with Crippen molar-refractivity contribution in [2.24, 2.45) is 0 Å². The Morgan fingerprint density at radius 1 is 1.18 bits per heavy atom. The minimum absolute atomic E-state index is 0.0885. The van der Waals surface area contributed by atoms with E-state index in [1.807, 2.05) is 0 Å². The van der Waals surface area contributed by atoms with Gasteiger partial charge in [0.2, 0.25) is 0 Å². The van der Waals surface area contributed by atoms with Crippen LogP contribution in [0.2, 0.25) is 0 Å². The van der Waals surface area contributed by atoms with E-state index in [1.54, 1.807) is 5.56 Å². The van der Waals surface area contributed by atoms with Crippen molar-refractivity contribution in [3.8, 4) is 0 Å². The van der Waals surface area contributed by atoms with E-state index >= 15 is 0 Å². The first-order valence-electron chi connectivity index (χ1n) is 6.96. The number of rotatable bonds is 2. The highest BCUT2D eigenvalue weighted by Crippen LogP contribution is 2.46. The highest BCUT2D eigenvalue weighted by Gasteiger charge is 2.38. The lowest BCUT2D eigenvalue weighted by atomic mass is 9.71. The highest BCUT2D eigenvalue weighted by molar-refractivity contribution is 5.38. The van der Waals surface area contributed by atoms with Gasteiger partial charge in [0.15, 0.2) is 0 Å². The number of aliphatic hydroxyl groups excluding tert-OH is 1. The summed E-state index contributed by atoms with van der Waals surface area (Å²) in [5.41, 5.74) is 3.29. The molecule has 3 rings (SSSR count). The van der Waals surface area contributed by atoms with Crippen molar-refractivity contribution in [3.63, 3.8) is 0 Å². The van der Waals surface area contributed by atoms with Gasteiger partial charge in [-0.05, 0) is 54.6 Å². The summed E-state index contributed by atoms with van der Waals surface area (Å²) in [6.07, 6.45) is 7.06. The first-order valence-corrected chi connectivity index (χ1v) is 6.96. The van der Waals surface area contributed by atoms with E-state index in [1.165, 1.54) is 24.8 Å². The maximum atomic E-state index is 9.83. The van der Waals surface area contributed by atoms with Gasteiger partial charge in [-0.1, -0.05) is 37.6 Å². The van der Waals surface area contributed by atoms with Gasteiger partial charge in [0, 0.05) is 0 Å². The van der Waals surface area contributed by atoms with Crippen LogP contribution in [0.25, 0.3) is 0 Å². The van der Waals surface area contributed by atoms with Crippen LogP contribution in [0.15, 0.2) is 24.3 Å². The lowest BCUT2D eigenvalue weighted by molar-refractivity contribution is 0.175. The molecule has 2 atom stereocenters. The van der Waals surface area contributed by atoms with E-state index in [4.69, 9.17) is 0 Å². The van der Waals surface area contributed by atoms with Crippen molar-refractivity contribution in [2.75, 3.05) is 0 Å². The molecule has 2 unspecified atom stereocenters. The molecule has 17 heavy (non-hydrogen) atoms. The normalized spacial score (nSPS) is 33.6. The van der Waals surface area contributed by atoms with Gasteiger partial charge in [-0.25, -0.2) is 0 Å². The second-order valence-electron chi connectivity index (χ2n) is 6.17. The fourth-order valence-electron chi connectivity index (χ4n) is 3.58. The topological polar surface area (TPSA) is 20.2 Å². The zero-order chi connectivity index (χ0) is 11.9. The molecule has 0 saturated heterocycles. The Morgan fingerprint density at radius 3 is 2.53 bits per heavy atom. The molecule has 2 fully saturated rings. The minimum Gasteiger partial charge on any atom is -0.393 e. The molecule has 0 aromatic heterocycles. The van der Waals surface area contributed by atoms with Crippen molar-refractivity contribution in [2.45, 2.75) is 62.9 Å².